The van der Waals surface area contributed by atoms with Crippen LogP contribution < -0.4 is 10.5 Å². The van der Waals surface area contributed by atoms with Crippen LogP contribution in [-0.4, -0.2) is 36.1 Å². The number of fused-ring (bicyclic) bond motifs is 1. The first-order valence-corrected chi connectivity index (χ1v) is 11.8. The summed E-state index contributed by atoms with van der Waals surface area (Å²) in [5.41, 5.74) is 9.71. The van der Waals surface area contributed by atoms with Gasteiger partial charge in [-0.3, -0.25) is 4.98 Å². The fraction of sp³-hybridized carbons (Fsp3) is 0.444. The molecule has 0 aliphatic heterocycles. The van der Waals surface area contributed by atoms with Crippen LogP contribution in [0.1, 0.15) is 57.2 Å². The minimum Gasteiger partial charge on any atom is -0.493 e. The molecular formula is C27H38FN3O. The molecule has 0 amide bonds. The van der Waals surface area contributed by atoms with E-state index in [2.05, 4.69) is 23.7 Å². The topological polar surface area (TPSA) is 51.4 Å². The fourth-order valence-corrected chi connectivity index (χ4v) is 3.77. The molecule has 0 saturated carbocycles. The van der Waals surface area contributed by atoms with Crippen molar-refractivity contribution in [1.29, 1.82) is 0 Å². The highest BCUT2D eigenvalue weighted by Gasteiger charge is 2.11. The average Bonchev–Trinajstić information content (AvgIpc) is 2.79. The summed E-state index contributed by atoms with van der Waals surface area (Å²) in [5, 5.41) is 0.996. The summed E-state index contributed by atoms with van der Waals surface area (Å²) in [7, 11) is 0. The van der Waals surface area contributed by atoms with E-state index in [-0.39, 0.29) is 5.82 Å². The zero-order chi connectivity index (χ0) is 23.5. The van der Waals surface area contributed by atoms with E-state index in [0.717, 1.165) is 53.8 Å². The quantitative estimate of drug-likeness (QED) is 0.294. The van der Waals surface area contributed by atoms with Crippen LogP contribution in [0.25, 0.3) is 10.9 Å². The lowest BCUT2D eigenvalue weighted by Gasteiger charge is -2.19. The fourth-order valence-electron chi connectivity index (χ4n) is 3.77. The number of benzene rings is 2. The first-order valence-electron chi connectivity index (χ1n) is 11.8. The summed E-state index contributed by atoms with van der Waals surface area (Å²) in [6.45, 7) is 14.4. The number of nitrogen functional groups attached to an aromatic ring is 1. The van der Waals surface area contributed by atoms with Crippen molar-refractivity contribution in [3.8, 4) is 5.75 Å². The van der Waals surface area contributed by atoms with Crippen molar-refractivity contribution in [1.82, 2.24) is 9.88 Å². The van der Waals surface area contributed by atoms with E-state index in [4.69, 9.17) is 10.5 Å². The van der Waals surface area contributed by atoms with Gasteiger partial charge in [0.1, 0.15) is 11.6 Å². The van der Waals surface area contributed by atoms with Gasteiger partial charge in [-0.05, 0) is 79.9 Å². The Morgan fingerprint density at radius 1 is 1.03 bits per heavy atom. The van der Waals surface area contributed by atoms with Crippen LogP contribution in [0.15, 0.2) is 42.6 Å². The van der Waals surface area contributed by atoms with Crippen molar-refractivity contribution in [3.05, 3.63) is 65.1 Å². The maximum absolute atomic E-state index is 14.3. The molecule has 0 aliphatic rings. The number of rotatable bonds is 10. The first kappa shape index (κ1) is 25.6. The smallest absolute Gasteiger partial charge is 0.128 e. The molecular weight excluding hydrogens is 401 g/mol. The average molecular weight is 440 g/mol. The highest BCUT2D eigenvalue weighted by Crippen LogP contribution is 2.28. The predicted octanol–water partition coefficient (Wildman–Crippen LogP) is 6.38. The zero-order valence-corrected chi connectivity index (χ0v) is 20.2. The third-order valence-electron chi connectivity index (χ3n) is 5.45. The van der Waals surface area contributed by atoms with Gasteiger partial charge in [0.2, 0.25) is 0 Å². The molecule has 1 heterocycles. The van der Waals surface area contributed by atoms with Crippen molar-refractivity contribution >= 4 is 16.6 Å². The van der Waals surface area contributed by atoms with E-state index >= 15 is 0 Å². The van der Waals surface area contributed by atoms with Gasteiger partial charge in [0.15, 0.2) is 0 Å². The second-order valence-electron chi connectivity index (χ2n) is 7.77. The van der Waals surface area contributed by atoms with E-state index in [0.29, 0.717) is 24.3 Å². The van der Waals surface area contributed by atoms with E-state index in [1.165, 1.54) is 12.5 Å². The monoisotopic (exact) mass is 439 g/mol. The summed E-state index contributed by atoms with van der Waals surface area (Å²) in [6.07, 6.45) is 4.42. The molecule has 174 valence electrons. The summed E-state index contributed by atoms with van der Waals surface area (Å²) < 4.78 is 20.4. The van der Waals surface area contributed by atoms with E-state index < -0.39 is 0 Å². The van der Waals surface area contributed by atoms with Gasteiger partial charge >= 0.3 is 0 Å². The molecule has 0 unspecified atom stereocenters. The molecule has 0 radical (unpaired) electrons. The van der Waals surface area contributed by atoms with Crippen molar-refractivity contribution in [3.63, 3.8) is 0 Å². The molecule has 5 heteroatoms. The Balaban J connectivity index is 0.00000176. The number of nitrogens with two attached hydrogens (primary N) is 1. The number of ether oxygens (including phenoxy) is 1. The standard InChI is InChI=1S/C25H32FN3O.C2H6/c1-4-11-29(5-2)12-6-13-30-25-17-22-19(9-10-28-24(22)14-18(25)3)15-20-7-8-21(27)16-23(20)26;1-2/h7-10,14,16-17H,4-6,11-13,15,27H2,1-3H3;1-2H3. The van der Waals surface area contributed by atoms with Crippen LogP contribution in [-0.2, 0) is 6.42 Å². The summed E-state index contributed by atoms with van der Waals surface area (Å²) in [5.74, 6) is 0.587. The predicted molar refractivity (Wildman–Crippen MR) is 134 cm³/mol. The molecule has 2 N–H and O–H groups in total. The third-order valence-corrected chi connectivity index (χ3v) is 5.45. The number of halogens is 1. The van der Waals surface area contributed by atoms with Crippen molar-refractivity contribution in [2.75, 3.05) is 32.0 Å². The van der Waals surface area contributed by atoms with Crippen LogP contribution in [0.4, 0.5) is 10.1 Å². The number of pyridine rings is 1. The van der Waals surface area contributed by atoms with Crippen molar-refractivity contribution in [2.45, 2.75) is 53.9 Å². The lowest BCUT2D eigenvalue weighted by Crippen LogP contribution is -2.26. The highest BCUT2D eigenvalue weighted by molar-refractivity contribution is 5.85. The van der Waals surface area contributed by atoms with Crippen molar-refractivity contribution in [2.24, 2.45) is 0 Å². The minimum absolute atomic E-state index is 0.281. The van der Waals surface area contributed by atoms with Crippen LogP contribution in [0.2, 0.25) is 0 Å². The molecule has 3 aromatic rings. The Labute approximate surface area is 192 Å². The Kier molecular flexibility index (Phi) is 10.4. The maximum atomic E-state index is 14.3. The largest absolute Gasteiger partial charge is 0.493 e. The third kappa shape index (κ3) is 6.92. The van der Waals surface area contributed by atoms with Gasteiger partial charge in [0, 0.05) is 30.2 Å². The normalized spacial score (nSPS) is 10.8. The first-order chi connectivity index (χ1) is 15.5. The SMILES string of the molecule is CC.CCCN(CC)CCCOc1cc2c(Cc3ccc(N)cc3F)ccnc2cc1C. The molecule has 0 atom stereocenters. The van der Waals surface area contributed by atoms with Gasteiger partial charge in [0.05, 0.1) is 12.1 Å². The molecule has 0 bridgehead atoms. The van der Waals surface area contributed by atoms with Gasteiger partial charge in [0.25, 0.3) is 0 Å². The van der Waals surface area contributed by atoms with E-state index in [1.54, 1.807) is 18.3 Å². The number of hydrogen-bond donors (Lipinski definition) is 1. The highest BCUT2D eigenvalue weighted by atomic mass is 19.1. The number of aryl methyl sites for hydroxylation is 1. The lowest BCUT2D eigenvalue weighted by molar-refractivity contribution is 0.241. The summed E-state index contributed by atoms with van der Waals surface area (Å²) in [4.78, 5) is 6.94. The molecule has 1 aromatic heterocycles. The molecule has 0 fully saturated rings. The lowest BCUT2D eigenvalue weighted by atomic mass is 9.99. The Morgan fingerprint density at radius 2 is 1.81 bits per heavy atom. The number of aromatic nitrogens is 1. The second kappa shape index (κ2) is 13.0. The van der Waals surface area contributed by atoms with E-state index in [9.17, 15) is 4.39 Å². The van der Waals surface area contributed by atoms with Gasteiger partial charge in [-0.1, -0.05) is 33.8 Å². The molecule has 4 nitrogen and oxygen atoms in total. The van der Waals surface area contributed by atoms with Crippen LogP contribution in [0.5, 0.6) is 5.75 Å². The maximum Gasteiger partial charge on any atom is 0.128 e. The second-order valence-corrected chi connectivity index (χ2v) is 7.77. The molecule has 2 aromatic carbocycles. The van der Waals surface area contributed by atoms with Crippen LogP contribution in [0.3, 0.4) is 0 Å². The Hall–Kier alpha value is -2.66. The number of anilines is 1. The van der Waals surface area contributed by atoms with Crippen LogP contribution in [0, 0.1) is 12.7 Å². The number of nitrogens with zero attached hydrogens (tertiary/aromatic N) is 2. The summed E-state index contributed by atoms with van der Waals surface area (Å²) in [6, 6.07) is 10.9. The Bertz CT molecular complexity index is 990. The molecule has 3 rings (SSSR count). The molecule has 32 heavy (non-hydrogen) atoms. The molecule has 0 saturated heterocycles. The zero-order valence-electron chi connectivity index (χ0n) is 20.2. The molecule has 0 aliphatic carbocycles. The van der Waals surface area contributed by atoms with Gasteiger partial charge in [-0.15, -0.1) is 0 Å². The minimum atomic E-state index is -0.281. The number of hydrogen-bond acceptors (Lipinski definition) is 4. The van der Waals surface area contributed by atoms with Gasteiger partial charge in [-0.2, -0.15) is 0 Å². The summed E-state index contributed by atoms with van der Waals surface area (Å²) >= 11 is 0. The van der Waals surface area contributed by atoms with Gasteiger partial charge in [-0.25, -0.2) is 4.39 Å². The van der Waals surface area contributed by atoms with Crippen LogP contribution >= 0.6 is 0 Å². The Morgan fingerprint density at radius 3 is 2.50 bits per heavy atom. The van der Waals surface area contributed by atoms with Crippen molar-refractivity contribution < 1.29 is 9.13 Å². The van der Waals surface area contributed by atoms with Gasteiger partial charge < -0.3 is 15.4 Å². The molecule has 0 spiro atoms. The van der Waals surface area contributed by atoms with E-state index in [1.807, 2.05) is 39.0 Å².